The predicted octanol–water partition coefficient (Wildman–Crippen LogP) is 3.61. The first kappa shape index (κ1) is 21.2. The summed E-state index contributed by atoms with van der Waals surface area (Å²) in [6.07, 6.45) is 5.76. The maximum Gasteiger partial charge on any atom is 0.173 e. The Hall–Kier alpha value is -2.52. The average molecular weight is 421 g/mol. The summed E-state index contributed by atoms with van der Waals surface area (Å²) in [6.45, 7) is 5.63. The van der Waals surface area contributed by atoms with E-state index in [0.29, 0.717) is 11.3 Å². The monoisotopic (exact) mass is 420 g/mol. The van der Waals surface area contributed by atoms with Gasteiger partial charge in [-0.3, -0.25) is 4.98 Å². The van der Waals surface area contributed by atoms with Crippen LogP contribution in [0.3, 0.4) is 0 Å². The summed E-state index contributed by atoms with van der Waals surface area (Å²) in [5, 5.41) is 5.98. The van der Waals surface area contributed by atoms with Gasteiger partial charge in [0.25, 0.3) is 0 Å². The fourth-order valence-corrected chi connectivity index (χ4v) is 3.53. The van der Waals surface area contributed by atoms with Crippen molar-refractivity contribution in [1.82, 2.24) is 10.3 Å². The van der Waals surface area contributed by atoms with E-state index in [1.807, 2.05) is 13.0 Å². The summed E-state index contributed by atoms with van der Waals surface area (Å²) in [5.74, 6) is -0.557. The maximum atomic E-state index is 14.6. The molecule has 0 amide bonds. The van der Waals surface area contributed by atoms with E-state index in [9.17, 15) is 8.78 Å². The Bertz CT molecular complexity index is 855. The van der Waals surface area contributed by atoms with Crippen LogP contribution in [0, 0.1) is 11.6 Å². The van der Waals surface area contributed by atoms with Crippen LogP contribution in [0.5, 0.6) is 0 Å². The summed E-state index contributed by atoms with van der Waals surface area (Å²) in [4.78, 5) is 6.47. The molecule has 1 fully saturated rings. The Morgan fingerprint density at radius 2 is 2.10 bits per heavy atom. The Balaban J connectivity index is 1.75. The number of pyridine rings is 1. The fourth-order valence-electron chi connectivity index (χ4n) is 2.91. The van der Waals surface area contributed by atoms with Gasteiger partial charge in [0, 0.05) is 49.9 Å². The van der Waals surface area contributed by atoms with Gasteiger partial charge in [0.05, 0.1) is 23.3 Å². The van der Waals surface area contributed by atoms with Crippen LogP contribution in [0.1, 0.15) is 18.9 Å². The maximum absolute atomic E-state index is 14.6. The van der Waals surface area contributed by atoms with E-state index in [0.717, 1.165) is 44.0 Å². The largest absolute Gasteiger partial charge is 0.397 e. The van der Waals surface area contributed by atoms with Crippen molar-refractivity contribution < 1.29 is 8.78 Å². The van der Waals surface area contributed by atoms with Gasteiger partial charge in [-0.25, -0.2) is 8.78 Å². The number of hydrogen-bond acceptors (Lipinski definition) is 7. The van der Waals surface area contributed by atoms with Crippen molar-refractivity contribution in [2.24, 2.45) is 5.73 Å². The first-order valence-corrected chi connectivity index (χ1v) is 10.6. The molecule has 3 rings (SSSR count). The summed E-state index contributed by atoms with van der Waals surface area (Å²) >= 11 is 1.37. The van der Waals surface area contributed by atoms with Crippen molar-refractivity contribution in [3.8, 4) is 0 Å². The van der Waals surface area contributed by atoms with Gasteiger partial charge in [-0.1, -0.05) is 18.9 Å². The second kappa shape index (κ2) is 10.3. The van der Waals surface area contributed by atoms with Crippen molar-refractivity contribution in [1.29, 1.82) is 0 Å². The first-order chi connectivity index (χ1) is 14.1. The highest BCUT2D eigenvalue weighted by Crippen LogP contribution is 2.28. The van der Waals surface area contributed by atoms with Crippen molar-refractivity contribution in [3.05, 3.63) is 54.0 Å². The number of piperazine rings is 1. The molecule has 156 valence electrons. The molecule has 0 spiro atoms. The standard InChI is InChI=1S/C20H26F2N6S/c1-2-9-29-27-18-4-3-16(21)20(19(18)22)26-13-17(23)14-10-15(12-25-11-14)28-7-5-24-6-8-28/h3-4,10-13,24,26-27H,2,5-9,23H2,1H3/b17-13-. The molecule has 1 saturated heterocycles. The van der Waals surface area contributed by atoms with Gasteiger partial charge in [-0.05, 0) is 24.6 Å². The lowest BCUT2D eigenvalue weighted by Crippen LogP contribution is -2.43. The minimum absolute atomic E-state index is 0.224. The number of anilines is 3. The molecule has 0 atom stereocenters. The molecule has 0 unspecified atom stereocenters. The Labute approximate surface area is 174 Å². The molecule has 0 radical (unpaired) electrons. The SMILES string of the molecule is CCCSNc1ccc(F)c(N/C=C(\N)c2cncc(N3CCNCC3)c2)c1F. The van der Waals surface area contributed by atoms with Crippen LogP contribution >= 0.6 is 11.9 Å². The third-order valence-corrected chi connectivity index (χ3v) is 5.47. The summed E-state index contributed by atoms with van der Waals surface area (Å²) in [7, 11) is 0. The summed E-state index contributed by atoms with van der Waals surface area (Å²) < 4.78 is 31.7. The number of benzene rings is 1. The number of nitrogens with zero attached hydrogens (tertiary/aromatic N) is 2. The van der Waals surface area contributed by atoms with Crippen LogP contribution in [-0.2, 0) is 0 Å². The topological polar surface area (TPSA) is 78.2 Å². The van der Waals surface area contributed by atoms with Crippen LogP contribution in [0.4, 0.5) is 25.8 Å². The van der Waals surface area contributed by atoms with Crippen molar-refractivity contribution >= 4 is 34.7 Å². The van der Waals surface area contributed by atoms with Gasteiger partial charge in [-0.2, -0.15) is 0 Å². The van der Waals surface area contributed by atoms with Gasteiger partial charge < -0.3 is 26.0 Å². The molecule has 0 bridgehead atoms. The molecule has 0 aliphatic carbocycles. The minimum Gasteiger partial charge on any atom is -0.397 e. The second-order valence-electron chi connectivity index (χ2n) is 6.65. The Morgan fingerprint density at radius 3 is 2.86 bits per heavy atom. The number of nitrogens with two attached hydrogens (primary N) is 1. The van der Waals surface area contributed by atoms with Gasteiger partial charge in [0.1, 0.15) is 11.5 Å². The van der Waals surface area contributed by atoms with E-state index < -0.39 is 11.6 Å². The second-order valence-corrected chi connectivity index (χ2v) is 7.55. The Morgan fingerprint density at radius 1 is 1.31 bits per heavy atom. The summed E-state index contributed by atoms with van der Waals surface area (Å²) in [5.41, 5.74) is 8.11. The molecular weight excluding hydrogens is 394 g/mol. The molecule has 9 heteroatoms. The molecule has 0 saturated carbocycles. The van der Waals surface area contributed by atoms with Crippen LogP contribution in [0.15, 0.2) is 36.8 Å². The third-order valence-electron chi connectivity index (χ3n) is 4.49. The van der Waals surface area contributed by atoms with Crippen molar-refractivity contribution in [2.45, 2.75) is 13.3 Å². The predicted molar refractivity (Wildman–Crippen MR) is 118 cm³/mol. The third kappa shape index (κ3) is 5.51. The van der Waals surface area contributed by atoms with Crippen molar-refractivity contribution in [2.75, 3.05) is 46.9 Å². The highest BCUT2D eigenvalue weighted by Gasteiger charge is 2.14. The lowest BCUT2D eigenvalue weighted by atomic mass is 10.2. The van der Waals surface area contributed by atoms with E-state index in [1.165, 1.54) is 30.3 Å². The molecule has 2 aromatic rings. The van der Waals surface area contributed by atoms with Crippen LogP contribution in [0.2, 0.25) is 0 Å². The zero-order valence-electron chi connectivity index (χ0n) is 16.3. The molecule has 2 heterocycles. The molecule has 1 aromatic carbocycles. The van der Waals surface area contributed by atoms with E-state index in [4.69, 9.17) is 5.73 Å². The van der Waals surface area contributed by atoms with Crippen LogP contribution in [-0.4, -0.2) is 36.9 Å². The summed E-state index contributed by atoms with van der Waals surface area (Å²) in [6, 6.07) is 4.53. The fraction of sp³-hybridized carbons (Fsp3) is 0.350. The van der Waals surface area contributed by atoms with Gasteiger partial charge in [-0.15, -0.1) is 0 Å². The van der Waals surface area contributed by atoms with E-state index in [1.54, 1.807) is 12.4 Å². The average Bonchev–Trinajstić information content (AvgIpc) is 2.76. The first-order valence-electron chi connectivity index (χ1n) is 9.59. The highest BCUT2D eigenvalue weighted by molar-refractivity contribution is 8.00. The molecule has 6 nitrogen and oxygen atoms in total. The number of aromatic nitrogens is 1. The lowest BCUT2D eigenvalue weighted by Gasteiger charge is -2.29. The van der Waals surface area contributed by atoms with Gasteiger partial charge in [0.2, 0.25) is 0 Å². The molecule has 1 aliphatic heterocycles. The zero-order chi connectivity index (χ0) is 20.6. The van der Waals surface area contributed by atoms with E-state index in [2.05, 4.69) is 25.2 Å². The molecule has 1 aromatic heterocycles. The number of nitrogens with one attached hydrogen (secondary N) is 3. The number of hydrogen-bond donors (Lipinski definition) is 4. The molecule has 29 heavy (non-hydrogen) atoms. The van der Waals surface area contributed by atoms with Crippen molar-refractivity contribution in [3.63, 3.8) is 0 Å². The van der Waals surface area contributed by atoms with Gasteiger partial charge >= 0.3 is 0 Å². The lowest BCUT2D eigenvalue weighted by molar-refractivity contribution is 0.588. The number of halogens is 2. The van der Waals surface area contributed by atoms with Crippen LogP contribution < -0.4 is 26.0 Å². The molecule has 1 aliphatic rings. The van der Waals surface area contributed by atoms with Crippen LogP contribution in [0.25, 0.3) is 5.70 Å². The quantitative estimate of drug-likeness (QED) is 0.384. The van der Waals surface area contributed by atoms with E-state index in [-0.39, 0.29) is 11.4 Å². The number of rotatable bonds is 8. The van der Waals surface area contributed by atoms with E-state index >= 15 is 0 Å². The smallest absolute Gasteiger partial charge is 0.173 e. The normalized spacial score (nSPS) is 14.7. The zero-order valence-corrected chi connectivity index (χ0v) is 17.2. The molecular formula is C20H26F2N6S. The minimum atomic E-state index is -0.690. The molecule has 5 N–H and O–H groups in total. The highest BCUT2D eigenvalue weighted by atomic mass is 32.2. The Kier molecular flexibility index (Phi) is 7.54. The van der Waals surface area contributed by atoms with Gasteiger partial charge in [0.15, 0.2) is 5.82 Å².